The molecular weight excluding hydrogens is 404 g/mol. The first kappa shape index (κ1) is 22.0. The molecule has 0 radical (unpaired) electrons. The van der Waals surface area contributed by atoms with Crippen molar-refractivity contribution in [1.82, 2.24) is 19.0 Å². The zero-order valence-corrected chi connectivity index (χ0v) is 19.2. The second-order valence-electron chi connectivity index (χ2n) is 8.79. The van der Waals surface area contributed by atoms with E-state index in [1.54, 1.807) is 7.05 Å². The van der Waals surface area contributed by atoms with Crippen LogP contribution in [0.25, 0.3) is 11.0 Å². The van der Waals surface area contributed by atoms with Crippen LogP contribution in [0, 0.1) is 13.8 Å². The molecule has 7 heteroatoms. The Hall–Kier alpha value is -3.22. The zero-order chi connectivity index (χ0) is 23.0. The summed E-state index contributed by atoms with van der Waals surface area (Å²) >= 11 is 0. The number of aryl methyl sites for hydroxylation is 3. The van der Waals surface area contributed by atoms with Gasteiger partial charge < -0.3 is 4.90 Å². The van der Waals surface area contributed by atoms with Crippen LogP contribution in [0.1, 0.15) is 47.6 Å². The molecule has 168 valence electrons. The van der Waals surface area contributed by atoms with Crippen molar-refractivity contribution in [1.29, 1.82) is 0 Å². The number of piperidine rings is 1. The van der Waals surface area contributed by atoms with Gasteiger partial charge in [0.25, 0.3) is 5.56 Å². The number of nitrogens with zero attached hydrogens (tertiary/aromatic N) is 4. The number of amides is 1. The quantitative estimate of drug-likeness (QED) is 0.632. The lowest BCUT2D eigenvalue weighted by atomic mass is 9.90. The largest absolute Gasteiger partial charge is 0.342 e. The fourth-order valence-electron chi connectivity index (χ4n) is 4.90. The molecule has 7 nitrogen and oxygen atoms in total. The molecule has 32 heavy (non-hydrogen) atoms. The Balaban J connectivity index is 1.56. The van der Waals surface area contributed by atoms with Gasteiger partial charge in [-0.2, -0.15) is 0 Å². The number of carbonyl (C=O) groups is 1. The molecule has 1 aliphatic rings. The minimum atomic E-state index is -0.394. The molecule has 3 aromatic rings. The lowest BCUT2D eigenvalue weighted by molar-refractivity contribution is -0.132. The van der Waals surface area contributed by atoms with Crippen molar-refractivity contribution < 1.29 is 4.79 Å². The Bertz CT molecular complexity index is 1290. The lowest BCUT2D eigenvalue weighted by Crippen LogP contribution is -2.39. The number of hydrogen-bond donors (Lipinski definition) is 0. The van der Waals surface area contributed by atoms with Gasteiger partial charge in [0.2, 0.25) is 5.91 Å². The number of hydrogen-bond acceptors (Lipinski definition) is 4. The van der Waals surface area contributed by atoms with E-state index in [1.165, 1.54) is 17.2 Å². The molecule has 0 aliphatic carbocycles. The Morgan fingerprint density at radius 2 is 1.81 bits per heavy atom. The van der Waals surface area contributed by atoms with Crippen molar-refractivity contribution in [3.05, 3.63) is 73.6 Å². The number of carbonyl (C=O) groups excluding carboxylic acids is 1. The summed E-state index contributed by atoms with van der Waals surface area (Å²) in [6.07, 6.45) is 3.01. The van der Waals surface area contributed by atoms with Gasteiger partial charge in [0.15, 0.2) is 0 Å². The molecule has 0 unspecified atom stereocenters. The van der Waals surface area contributed by atoms with Gasteiger partial charge >= 0.3 is 5.69 Å². The van der Waals surface area contributed by atoms with E-state index in [9.17, 15) is 14.4 Å². The van der Waals surface area contributed by atoms with Crippen LogP contribution in [0.2, 0.25) is 0 Å². The van der Waals surface area contributed by atoms with E-state index in [0.29, 0.717) is 29.8 Å². The fourth-order valence-corrected chi connectivity index (χ4v) is 4.90. The summed E-state index contributed by atoms with van der Waals surface area (Å²) in [5, 5.41) is 0.449. The third-order valence-electron chi connectivity index (χ3n) is 6.81. The third kappa shape index (κ3) is 3.87. The van der Waals surface area contributed by atoms with Crippen LogP contribution in [-0.2, 0) is 25.3 Å². The molecule has 0 N–H and O–H groups in total. The van der Waals surface area contributed by atoms with Crippen LogP contribution in [0.5, 0.6) is 0 Å². The van der Waals surface area contributed by atoms with Crippen LogP contribution < -0.4 is 11.2 Å². The minimum absolute atomic E-state index is 0.137. The summed E-state index contributed by atoms with van der Waals surface area (Å²) in [4.78, 5) is 44.6. The van der Waals surface area contributed by atoms with Crippen LogP contribution in [0.3, 0.4) is 0 Å². The molecule has 1 aliphatic heterocycles. The molecule has 1 fully saturated rings. The van der Waals surface area contributed by atoms with Gasteiger partial charge in [-0.1, -0.05) is 30.3 Å². The predicted molar refractivity (Wildman–Crippen MR) is 125 cm³/mol. The number of likely N-dealkylation sites (tertiary alicyclic amines) is 1. The highest BCUT2D eigenvalue weighted by molar-refractivity contribution is 5.81. The third-order valence-corrected chi connectivity index (χ3v) is 6.81. The molecule has 1 aromatic carbocycles. The van der Waals surface area contributed by atoms with Gasteiger partial charge in [0, 0.05) is 45.2 Å². The van der Waals surface area contributed by atoms with Crippen molar-refractivity contribution >= 4 is 16.9 Å². The Morgan fingerprint density at radius 3 is 2.53 bits per heavy atom. The van der Waals surface area contributed by atoms with Crippen molar-refractivity contribution in [2.45, 2.75) is 45.4 Å². The molecule has 0 spiro atoms. The van der Waals surface area contributed by atoms with Crippen molar-refractivity contribution in [3.8, 4) is 0 Å². The number of fused-ring (bicyclic) bond motifs is 1. The van der Waals surface area contributed by atoms with Gasteiger partial charge in [-0.15, -0.1) is 0 Å². The normalized spacial score (nSPS) is 16.5. The molecule has 2 aromatic heterocycles. The highest BCUT2D eigenvalue weighted by Crippen LogP contribution is 2.27. The van der Waals surface area contributed by atoms with E-state index in [-0.39, 0.29) is 11.5 Å². The van der Waals surface area contributed by atoms with E-state index in [1.807, 2.05) is 24.8 Å². The minimum Gasteiger partial charge on any atom is -0.342 e. The highest BCUT2D eigenvalue weighted by Gasteiger charge is 2.25. The maximum atomic E-state index is 13.0. The van der Waals surface area contributed by atoms with Crippen LogP contribution in [0.4, 0.5) is 0 Å². The summed E-state index contributed by atoms with van der Waals surface area (Å²) in [7, 11) is 3.10. The van der Waals surface area contributed by atoms with Gasteiger partial charge in [0.1, 0.15) is 5.65 Å². The van der Waals surface area contributed by atoms with E-state index in [4.69, 9.17) is 0 Å². The van der Waals surface area contributed by atoms with E-state index >= 15 is 0 Å². The summed E-state index contributed by atoms with van der Waals surface area (Å²) in [6, 6.07) is 10.4. The molecule has 1 saturated heterocycles. The van der Waals surface area contributed by atoms with E-state index in [2.05, 4.69) is 29.2 Å². The smallest absolute Gasteiger partial charge is 0.332 e. The Kier molecular flexibility index (Phi) is 6.00. The van der Waals surface area contributed by atoms with Gasteiger partial charge in [0.05, 0.1) is 5.39 Å². The lowest BCUT2D eigenvalue weighted by Gasteiger charge is -2.33. The standard InChI is InChI=1S/C25H30N4O3/c1-16-20(17(2)26-23-22(16)24(31)28(4)25(32)27(23)3)12-13-21(30)29-14-8-11-19(15-29)18-9-6-5-7-10-18/h5-7,9-10,19H,8,11-15H2,1-4H3/t19-/m0/s1. The van der Waals surface area contributed by atoms with E-state index in [0.717, 1.165) is 47.3 Å². The predicted octanol–water partition coefficient (Wildman–Crippen LogP) is 2.59. The van der Waals surface area contributed by atoms with Gasteiger partial charge in [-0.25, -0.2) is 9.78 Å². The van der Waals surface area contributed by atoms with Crippen molar-refractivity contribution in [2.24, 2.45) is 14.1 Å². The van der Waals surface area contributed by atoms with Gasteiger partial charge in [-0.05, 0) is 49.8 Å². The SMILES string of the molecule is Cc1nc2c(c(C)c1CCC(=O)N1CCC[C@H](c3ccccc3)C1)c(=O)n(C)c(=O)n2C. The average molecular weight is 435 g/mol. The Morgan fingerprint density at radius 1 is 1.09 bits per heavy atom. The number of benzene rings is 1. The second kappa shape index (κ2) is 8.73. The Labute approximate surface area is 187 Å². The molecule has 0 saturated carbocycles. The van der Waals surface area contributed by atoms with Crippen LogP contribution in [-0.4, -0.2) is 38.0 Å². The number of aromatic nitrogens is 3. The van der Waals surface area contributed by atoms with Crippen molar-refractivity contribution in [3.63, 3.8) is 0 Å². The number of rotatable bonds is 4. The summed E-state index contributed by atoms with van der Waals surface area (Å²) in [5.74, 6) is 0.516. The van der Waals surface area contributed by atoms with E-state index < -0.39 is 5.69 Å². The average Bonchev–Trinajstić information content (AvgIpc) is 2.81. The van der Waals surface area contributed by atoms with Crippen LogP contribution in [0.15, 0.2) is 39.9 Å². The second-order valence-corrected chi connectivity index (χ2v) is 8.79. The summed E-state index contributed by atoms with van der Waals surface area (Å²) in [5.41, 5.74) is 3.42. The zero-order valence-electron chi connectivity index (χ0n) is 19.2. The first-order chi connectivity index (χ1) is 15.3. The summed E-state index contributed by atoms with van der Waals surface area (Å²) in [6.45, 7) is 5.30. The molecule has 1 atom stereocenters. The molecule has 1 amide bonds. The molecular formula is C25H30N4O3. The monoisotopic (exact) mass is 434 g/mol. The topological polar surface area (TPSA) is 77.2 Å². The number of pyridine rings is 1. The first-order valence-corrected chi connectivity index (χ1v) is 11.2. The molecule has 0 bridgehead atoms. The maximum Gasteiger partial charge on any atom is 0.332 e. The highest BCUT2D eigenvalue weighted by atomic mass is 16.2. The van der Waals surface area contributed by atoms with Crippen molar-refractivity contribution in [2.75, 3.05) is 13.1 Å². The summed E-state index contributed by atoms with van der Waals surface area (Å²) < 4.78 is 2.52. The molecule has 3 heterocycles. The fraction of sp³-hybridized carbons (Fsp3) is 0.440. The van der Waals surface area contributed by atoms with Crippen LogP contribution >= 0.6 is 0 Å². The van der Waals surface area contributed by atoms with Gasteiger partial charge in [-0.3, -0.25) is 18.7 Å². The first-order valence-electron chi connectivity index (χ1n) is 11.2. The maximum absolute atomic E-state index is 13.0. The molecule has 4 rings (SSSR count).